The predicted molar refractivity (Wildman–Crippen MR) is 97.0 cm³/mol. The van der Waals surface area contributed by atoms with Crippen molar-refractivity contribution in [2.24, 2.45) is 0 Å². The summed E-state index contributed by atoms with van der Waals surface area (Å²) in [6.07, 6.45) is 0.269. The van der Waals surface area contributed by atoms with Crippen LogP contribution in [0.25, 0.3) is 11.4 Å². The minimum atomic E-state index is -0.367. The molecule has 1 atom stereocenters. The molecule has 2 aromatic carbocycles. The lowest BCUT2D eigenvalue weighted by molar-refractivity contribution is -0.117. The fraction of sp³-hybridized carbons (Fsp3) is 0.250. The van der Waals surface area contributed by atoms with E-state index in [0.717, 1.165) is 5.69 Å². The van der Waals surface area contributed by atoms with Crippen LogP contribution in [-0.2, 0) is 4.79 Å². The van der Waals surface area contributed by atoms with E-state index in [1.807, 2.05) is 31.2 Å². The van der Waals surface area contributed by atoms with Crippen LogP contribution in [-0.4, -0.2) is 29.2 Å². The van der Waals surface area contributed by atoms with E-state index in [0.29, 0.717) is 36.2 Å². The van der Waals surface area contributed by atoms with Crippen molar-refractivity contribution in [3.8, 4) is 17.1 Å². The molecule has 3 aromatic rings. The molecule has 1 aliphatic rings. The van der Waals surface area contributed by atoms with Crippen LogP contribution in [0.3, 0.4) is 0 Å². The summed E-state index contributed by atoms with van der Waals surface area (Å²) in [5.74, 6) is 0.734. The second kappa shape index (κ2) is 7.19. The fourth-order valence-corrected chi connectivity index (χ4v) is 3.21. The van der Waals surface area contributed by atoms with Crippen LogP contribution in [0.4, 0.5) is 10.1 Å². The molecule has 1 amide bonds. The molecule has 1 saturated heterocycles. The number of hydrogen-bond donors (Lipinski definition) is 0. The molecule has 27 heavy (non-hydrogen) atoms. The molecule has 138 valence electrons. The van der Waals surface area contributed by atoms with Crippen molar-refractivity contribution in [2.45, 2.75) is 19.3 Å². The zero-order chi connectivity index (χ0) is 18.8. The quantitative estimate of drug-likeness (QED) is 0.686. The maximum atomic E-state index is 13.4. The maximum Gasteiger partial charge on any atom is 0.232 e. The number of rotatable bonds is 5. The van der Waals surface area contributed by atoms with Crippen molar-refractivity contribution in [3.05, 3.63) is 60.2 Å². The van der Waals surface area contributed by atoms with Gasteiger partial charge in [0.2, 0.25) is 17.6 Å². The van der Waals surface area contributed by atoms with Gasteiger partial charge in [0.1, 0.15) is 11.6 Å². The van der Waals surface area contributed by atoms with Crippen LogP contribution in [0.1, 0.15) is 25.2 Å². The third-order valence-corrected chi connectivity index (χ3v) is 4.45. The number of benzene rings is 2. The molecule has 4 rings (SSSR count). The van der Waals surface area contributed by atoms with Gasteiger partial charge in [-0.25, -0.2) is 4.39 Å². The molecule has 1 aromatic heterocycles. The van der Waals surface area contributed by atoms with Gasteiger partial charge in [0.15, 0.2) is 0 Å². The summed E-state index contributed by atoms with van der Waals surface area (Å²) in [5.41, 5.74) is 1.27. The molecule has 6 nitrogen and oxygen atoms in total. The number of nitrogens with zero attached hydrogens (tertiary/aromatic N) is 3. The average molecular weight is 367 g/mol. The number of carbonyl (C=O) groups excluding carboxylic acids is 1. The molecule has 0 N–H and O–H groups in total. The Morgan fingerprint density at radius 1 is 1.26 bits per heavy atom. The first-order chi connectivity index (χ1) is 13.2. The number of halogens is 1. The number of ether oxygens (including phenoxy) is 1. The molecular weight excluding hydrogens is 349 g/mol. The zero-order valence-corrected chi connectivity index (χ0v) is 14.8. The van der Waals surface area contributed by atoms with Crippen LogP contribution < -0.4 is 9.64 Å². The first-order valence-corrected chi connectivity index (χ1v) is 8.77. The van der Waals surface area contributed by atoms with Gasteiger partial charge in [-0.15, -0.1) is 0 Å². The van der Waals surface area contributed by atoms with Gasteiger partial charge in [0.05, 0.1) is 18.2 Å². The lowest BCUT2D eigenvalue weighted by Gasteiger charge is -2.19. The average Bonchev–Trinajstić information content (AvgIpc) is 3.29. The predicted octanol–water partition coefficient (Wildman–Crippen LogP) is 3.79. The van der Waals surface area contributed by atoms with Crippen molar-refractivity contribution < 1.29 is 18.4 Å². The molecule has 2 heterocycles. The number of hydrogen-bond acceptors (Lipinski definition) is 5. The topological polar surface area (TPSA) is 68.5 Å². The van der Waals surface area contributed by atoms with Gasteiger partial charge in [0.25, 0.3) is 0 Å². The van der Waals surface area contributed by atoms with Gasteiger partial charge in [-0.2, -0.15) is 4.98 Å². The van der Waals surface area contributed by atoms with Gasteiger partial charge in [-0.1, -0.05) is 29.4 Å². The molecule has 1 aliphatic heterocycles. The van der Waals surface area contributed by atoms with E-state index < -0.39 is 0 Å². The molecule has 0 spiro atoms. The lowest BCUT2D eigenvalue weighted by Crippen LogP contribution is -2.25. The van der Waals surface area contributed by atoms with E-state index in [2.05, 4.69) is 10.1 Å². The van der Waals surface area contributed by atoms with Crippen molar-refractivity contribution in [2.75, 3.05) is 18.1 Å². The van der Waals surface area contributed by atoms with Crippen LogP contribution in [0.15, 0.2) is 53.1 Å². The summed E-state index contributed by atoms with van der Waals surface area (Å²) in [6.45, 7) is 2.84. The van der Waals surface area contributed by atoms with Crippen LogP contribution in [0, 0.1) is 5.82 Å². The summed E-state index contributed by atoms with van der Waals surface area (Å²) in [7, 11) is 0. The highest BCUT2D eigenvalue weighted by Gasteiger charge is 2.36. The summed E-state index contributed by atoms with van der Waals surface area (Å²) in [6, 6.07) is 13.4. The van der Waals surface area contributed by atoms with Crippen LogP contribution >= 0.6 is 0 Å². The molecule has 1 unspecified atom stereocenters. The van der Waals surface area contributed by atoms with Gasteiger partial charge in [-0.05, 0) is 31.2 Å². The van der Waals surface area contributed by atoms with E-state index in [4.69, 9.17) is 9.26 Å². The number of amides is 1. The Morgan fingerprint density at radius 2 is 2.11 bits per heavy atom. The number of anilines is 1. The lowest BCUT2D eigenvalue weighted by atomic mass is 10.1. The first kappa shape index (κ1) is 17.2. The first-order valence-electron chi connectivity index (χ1n) is 8.77. The Balaban J connectivity index is 1.57. The van der Waals surface area contributed by atoms with Crippen molar-refractivity contribution in [1.82, 2.24) is 10.1 Å². The molecule has 0 saturated carbocycles. The summed E-state index contributed by atoms with van der Waals surface area (Å²) < 4.78 is 24.4. The Hall–Kier alpha value is -3.22. The van der Waals surface area contributed by atoms with Crippen LogP contribution in [0.5, 0.6) is 5.75 Å². The third-order valence-electron chi connectivity index (χ3n) is 4.45. The zero-order valence-electron chi connectivity index (χ0n) is 14.8. The highest BCUT2D eigenvalue weighted by Crippen LogP contribution is 2.36. The number of aromatic nitrogens is 2. The molecule has 0 radical (unpaired) electrons. The smallest absolute Gasteiger partial charge is 0.232 e. The second-order valence-corrected chi connectivity index (χ2v) is 6.27. The summed E-state index contributed by atoms with van der Waals surface area (Å²) in [5, 5.41) is 3.93. The summed E-state index contributed by atoms with van der Waals surface area (Å²) in [4.78, 5) is 18.6. The fourth-order valence-electron chi connectivity index (χ4n) is 3.21. The molecular formula is C20H18FN3O3. The van der Waals surface area contributed by atoms with E-state index in [1.54, 1.807) is 17.0 Å². The Kier molecular flexibility index (Phi) is 4.58. The van der Waals surface area contributed by atoms with Gasteiger partial charge < -0.3 is 14.2 Å². The Labute approximate surface area is 155 Å². The maximum absolute atomic E-state index is 13.4. The summed E-state index contributed by atoms with van der Waals surface area (Å²) >= 11 is 0. The minimum Gasteiger partial charge on any atom is -0.492 e. The normalized spacial score (nSPS) is 16.7. The minimum absolute atomic E-state index is 0.0299. The number of carbonyl (C=O) groups is 1. The van der Waals surface area contributed by atoms with Gasteiger partial charge in [0, 0.05) is 18.5 Å². The monoisotopic (exact) mass is 367 g/mol. The second-order valence-electron chi connectivity index (χ2n) is 6.27. The molecule has 7 heteroatoms. The van der Waals surface area contributed by atoms with E-state index in [9.17, 15) is 9.18 Å². The molecule has 0 aliphatic carbocycles. The SMILES string of the molecule is CCOc1ccccc1N1CC(c2nc(-c3cccc(F)c3)no2)CC1=O. The van der Waals surface area contributed by atoms with Gasteiger partial charge >= 0.3 is 0 Å². The van der Waals surface area contributed by atoms with Crippen molar-refractivity contribution in [3.63, 3.8) is 0 Å². The van der Waals surface area contributed by atoms with Crippen molar-refractivity contribution in [1.29, 1.82) is 0 Å². The van der Waals surface area contributed by atoms with Gasteiger partial charge in [-0.3, -0.25) is 4.79 Å². The van der Waals surface area contributed by atoms with E-state index >= 15 is 0 Å². The Bertz CT molecular complexity index is 972. The van der Waals surface area contributed by atoms with E-state index in [-0.39, 0.29) is 24.1 Å². The highest BCUT2D eigenvalue weighted by atomic mass is 19.1. The van der Waals surface area contributed by atoms with Crippen LogP contribution in [0.2, 0.25) is 0 Å². The largest absolute Gasteiger partial charge is 0.492 e. The third kappa shape index (κ3) is 3.40. The number of para-hydroxylation sites is 2. The molecule has 1 fully saturated rings. The highest BCUT2D eigenvalue weighted by molar-refractivity contribution is 5.97. The molecule has 0 bridgehead atoms. The standard InChI is InChI=1S/C20H18FN3O3/c1-2-26-17-9-4-3-8-16(17)24-12-14(11-18(24)25)20-22-19(23-27-20)13-6-5-7-15(21)10-13/h3-10,14H,2,11-12H2,1H3. The van der Waals surface area contributed by atoms with Crippen molar-refractivity contribution >= 4 is 11.6 Å². The Morgan fingerprint density at radius 3 is 2.93 bits per heavy atom. The van der Waals surface area contributed by atoms with E-state index in [1.165, 1.54) is 12.1 Å².